The molecule has 0 radical (unpaired) electrons. The van der Waals surface area contributed by atoms with E-state index in [-0.39, 0.29) is 11.6 Å². The van der Waals surface area contributed by atoms with Crippen molar-refractivity contribution >= 4 is 17.2 Å². The Morgan fingerprint density at radius 3 is 2.41 bits per heavy atom. The third-order valence-corrected chi connectivity index (χ3v) is 7.35. The van der Waals surface area contributed by atoms with Gasteiger partial charge in [-0.3, -0.25) is 4.79 Å². The third-order valence-electron chi connectivity index (χ3n) is 6.15. The molecular weight excluding hydrogens is 508 g/mol. The zero-order valence-electron chi connectivity index (χ0n) is 20.2. The topological polar surface area (TPSA) is 64.8 Å². The second-order valence-electron chi connectivity index (χ2n) is 8.86. The lowest BCUT2D eigenvalue weighted by molar-refractivity contribution is -0.142. The van der Waals surface area contributed by atoms with Gasteiger partial charge in [0.2, 0.25) is 0 Å². The highest BCUT2D eigenvalue weighted by Gasteiger charge is 2.40. The minimum absolute atomic E-state index is 0.273. The number of primary amides is 1. The quantitative estimate of drug-likeness (QED) is 0.390. The lowest BCUT2D eigenvalue weighted by Crippen LogP contribution is -2.31. The first kappa shape index (κ1) is 26.9. The molecule has 37 heavy (non-hydrogen) atoms. The number of aryl methyl sites for hydroxylation is 1. The molecule has 3 heterocycles. The van der Waals surface area contributed by atoms with E-state index in [1.54, 1.807) is 6.07 Å². The van der Waals surface area contributed by atoms with Crippen LogP contribution in [-0.4, -0.2) is 43.7 Å². The van der Waals surface area contributed by atoms with Crippen molar-refractivity contribution in [2.75, 3.05) is 32.8 Å². The molecule has 0 bridgehead atoms. The summed E-state index contributed by atoms with van der Waals surface area (Å²) in [7, 11) is 0. The SMILES string of the molecule is Fc1cc(CCCN2CCCC2)cc2c1OCCO2.NC(=O)C(F)(F)c1ccc(-c2ccc(F)cc2)s1. The molecule has 2 N–H and O–H groups in total. The molecule has 5 rings (SSSR count). The van der Waals surface area contributed by atoms with E-state index in [9.17, 15) is 22.4 Å². The van der Waals surface area contributed by atoms with Gasteiger partial charge in [-0.2, -0.15) is 8.78 Å². The number of thiophene rings is 1. The summed E-state index contributed by atoms with van der Waals surface area (Å²) in [5.74, 6) is -5.23. The monoisotopic (exact) mass is 536 g/mol. The zero-order valence-corrected chi connectivity index (χ0v) is 21.0. The third kappa shape index (κ3) is 6.81. The molecule has 3 aromatic rings. The van der Waals surface area contributed by atoms with Crippen LogP contribution in [0.3, 0.4) is 0 Å². The number of nitrogens with two attached hydrogens (primary N) is 1. The molecule has 2 aliphatic heterocycles. The molecule has 0 saturated carbocycles. The zero-order chi connectivity index (χ0) is 26.4. The summed E-state index contributed by atoms with van der Waals surface area (Å²) in [5, 5.41) is 0. The first-order valence-electron chi connectivity index (χ1n) is 12.1. The predicted octanol–water partition coefficient (Wildman–Crippen LogP) is 5.76. The summed E-state index contributed by atoms with van der Waals surface area (Å²) in [6.07, 6.45) is 4.60. The molecule has 1 saturated heterocycles. The van der Waals surface area contributed by atoms with Crippen LogP contribution in [-0.2, 0) is 17.1 Å². The number of hydrogen-bond donors (Lipinski definition) is 1. The molecule has 1 fully saturated rings. The number of nitrogens with zero attached hydrogens (tertiary/aromatic N) is 1. The number of alkyl halides is 2. The number of carbonyl (C=O) groups excluding carboxylic acids is 1. The molecular formula is C27H28F4N2O3S. The molecule has 1 amide bonds. The minimum Gasteiger partial charge on any atom is -0.486 e. The predicted molar refractivity (Wildman–Crippen MR) is 134 cm³/mol. The van der Waals surface area contributed by atoms with Crippen LogP contribution in [0.15, 0.2) is 48.5 Å². The number of fused-ring (bicyclic) bond motifs is 1. The maximum atomic E-state index is 13.8. The normalized spacial score (nSPS) is 15.2. The van der Waals surface area contributed by atoms with Crippen molar-refractivity contribution in [1.82, 2.24) is 4.90 Å². The van der Waals surface area contributed by atoms with Crippen molar-refractivity contribution in [2.45, 2.75) is 31.6 Å². The van der Waals surface area contributed by atoms with E-state index in [0.717, 1.165) is 42.4 Å². The van der Waals surface area contributed by atoms with E-state index in [2.05, 4.69) is 10.6 Å². The number of amides is 1. The van der Waals surface area contributed by atoms with E-state index in [1.807, 2.05) is 6.07 Å². The fourth-order valence-electron chi connectivity index (χ4n) is 4.22. The largest absolute Gasteiger partial charge is 0.486 e. The highest BCUT2D eigenvalue weighted by molar-refractivity contribution is 7.15. The molecule has 2 aromatic carbocycles. The highest BCUT2D eigenvalue weighted by atomic mass is 32.1. The molecule has 198 valence electrons. The van der Waals surface area contributed by atoms with Gasteiger partial charge in [-0.1, -0.05) is 12.1 Å². The number of carbonyl (C=O) groups is 1. The molecule has 10 heteroatoms. The summed E-state index contributed by atoms with van der Waals surface area (Å²) in [5.41, 5.74) is 6.24. The second kappa shape index (κ2) is 12.0. The van der Waals surface area contributed by atoms with Crippen molar-refractivity contribution in [2.24, 2.45) is 5.73 Å². The van der Waals surface area contributed by atoms with Gasteiger partial charge >= 0.3 is 5.92 Å². The van der Waals surface area contributed by atoms with E-state index in [1.165, 1.54) is 56.3 Å². The van der Waals surface area contributed by atoms with Crippen molar-refractivity contribution in [3.8, 4) is 21.9 Å². The Labute approximate surface area is 216 Å². The van der Waals surface area contributed by atoms with Crippen molar-refractivity contribution in [3.63, 3.8) is 0 Å². The van der Waals surface area contributed by atoms with Gasteiger partial charge in [0.15, 0.2) is 17.3 Å². The lowest BCUT2D eigenvalue weighted by Gasteiger charge is -2.20. The fourth-order valence-corrected chi connectivity index (χ4v) is 5.21. The average molecular weight is 537 g/mol. The van der Waals surface area contributed by atoms with E-state index < -0.39 is 22.5 Å². The molecule has 0 unspecified atom stereocenters. The first-order valence-corrected chi connectivity index (χ1v) is 12.9. The Balaban J connectivity index is 0.000000173. The summed E-state index contributed by atoms with van der Waals surface area (Å²) < 4.78 is 64.0. The first-order chi connectivity index (χ1) is 17.7. The number of hydrogen-bond acceptors (Lipinski definition) is 5. The van der Waals surface area contributed by atoms with Gasteiger partial charge in [0.25, 0.3) is 5.91 Å². The van der Waals surface area contributed by atoms with Gasteiger partial charge in [-0.15, -0.1) is 11.3 Å². The van der Waals surface area contributed by atoms with Gasteiger partial charge in [-0.05, 0) is 92.8 Å². The average Bonchev–Trinajstić information content (AvgIpc) is 3.58. The van der Waals surface area contributed by atoms with Crippen molar-refractivity contribution < 1.29 is 31.8 Å². The summed E-state index contributed by atoms with van der Waals surface area (Å²) >= 11 is 0.754. The van der Waals surface area contributed by atoms with Crippen LogP contribution >= 0.6 is 11.3 Å². The Morgan fingerprint density at radius 1 is 1.00 bits per heavy atom. The Kier molecular flexibility index (Phi) is 8.71. The van der Waals surface area contributed by atoms with Crippen LogP contribution in [0, 0.1) is 11.6 Å². The highest BCUT2D eigenvalue weighted by Crippen LogP contribution is 2.37. The summed E-state index contributed by atoms with van der Waals surface area (Å²) in [6.45, 7) is 4.48. The molecule has 0 aliphatic carbocycles. The van der Waals surface area contributed by atoms with Crippen LogP contribution < -0.4 is 15.2 Å². The van der Waals surface area contributed by atoms with E-state index in [0.29, 0.717) is 29.4 Å². The van der Waals surface area contributed by atoms with Gasteiger partial charge in [0.05, 0.1) is 4.88 Å². The summed E-state index contributed by atoms with van der Waals surface area (Å²) in [6, 6.07) is 11.5. The lowest BCUT2D eigenvalue weighted by atomic mass is 10.1. The molecule has 0 atom stereocenters. The molecule has 0 spiro atoms. The van der Waals surface area contributed by atoms with Crippen LogP contribution in [0.2, 0.25) is 0 Å². The van der Waals surface area contributed by atoms with Gasteiger partial charge in [0, 0.05) is 4.88 Å². The van der Waals surface area contributed by atoms with E-state index >= 15 is 0 Å². The number of ether oxygens (including phenoxy) is 2. The Hall–Kier alpha value is -3.11. The molecule has 2 aliphatic rings. The smallest absolute Gasteiger partial charge is 0.358 e. The van der Waals surface area contributed by atoms with Crippen LogP contribution in [0.1, 0.15) is 29.7 Å². The number of likely N-dealkylation sites (tertiary alicyclic amines) is 1. The molecule has 1 aromatic heterocycles. The van der Waals surface area contributed by atoms with Gasteiger partial charge < -0.3 is 20.1 Å². The van der Waals surface area contributed by atoms with E-state index in [4.69, 9.17) is 9.47 Å². The Morgan fingerprint density at radius 2 is 1.70 bits per heavy atom. The van der Waals surface area contributed by atoms with Crippen LogP contribution in [0.25, 0.3) is 10.4 Å². The minimum atomic E-state index is -3.68. The maximum absolute atomic E-state index is 13.8. The van der Waals surface area contributed by atoms with Crippen LogP contribution in [0.5, 0.6) is 11.5 Å². The maximum Gasteiger partial charge on any atom is 0.358 e. The number of rotatable bonds is 7. The number of benzene rings is 2. The fraction of sp³-hybridized carbons (Fsp3) is 0.370. The van der Waals surface area contributed by atoms with Crippen molar-refractivity contribution in [3.05, 3.63) is 70.6 Å². The van der Waals surface area contributed by atoms with Gasteiger partial charge in [0.1, 0.15) is 19.0 Å². The Bertz CT molecular complexity index is 1210. The second-order valence-corrected chi connectivity index (χ2v) is 9.95. The van der Waals surface area contributed by atoms with Gasteiger partial charge in [-0.25, -0.2) is 8.78 Å². The summed E-state index contributed by atoms with van der Waals surface area (Å²) in [4.78, 5) is 13.2. The number of halogens is 4. The van der Waals surface area contributed by atoms with Crippen LogP contribution in [0.4, 0.5) is 17.6 Å². The molecule has 5 nitrogen and oxygen atoms in total. The standard InChI is InChI=1S/C15H20FNO2.C12H8F3NOS/c16-13-10-12(4-3-7-17-5-1-2-6-17)11-14-15(13)19-9-8-18-14;13-8-3-1-7(2-4-8)9-5-6-10(18-9)12(14,15)11(16)17/h10-11H,1-9H2;1-6H,(H2,16,17). The van der Waals surface area contributed by atoms with Crippen molar-refractivity contribution in [1.29, 1.82) is 0 Å².